The molecule has 0 saturated carbocycles. The van der Waals surface area contributed by atoms with E-state index in [1.165, 1.54) is 14.2 Å². The van der Waals surface area contributed by atoms with E-state index in [-0.39, 0.29) is 35.9 Å². The largest absolute Gasteiger partial charge is 0.453 e. The number of hydrogen-bond donors (Lipinski definition) is 4. The van der Waals surface area contributed by atoms with Crippen LogP contribution in [0.2, 0.25) is 0 Å². The van der Waals surface area contributed by atoms with Crippen molar-refractivity contribution in [3.8, 4) is 11.1 Å². The van der Waals surface area contributed by atoms with Crippen molar-refractivity contribution < 1.29 is 33.4 Å². The number of H-pyrrole nitrogens is 2. The van der Waals surface area contributed by atoms with E-state index in [1.807, 2.05) is 88.9 Å². The number of rotatable bonds is 13. The fourth-order valence-electron chi connectivity index (χ4n) is 9.64. The summed E-state index contributed by atoms with van der Waals surface area (Å²) in [5.74, 6) is 0.959. The maximum Gasteiger partial charge on any atom is 0.407 e. The smallest absolute Gasteiger partial charge is 0.407 e. The predicted molar refractivity (Wildman–Crippen MR) is 259 cm³/mol. The highest BCUT2D eigenvalue weighted by atomic mass is 16.5. The van der Waals surface area contributed by atoms with E-state index >= 15 is 0 Å². The first-order chi connectivity index (χ1) is 32.1. The number of benzene rings is 5. The van der Waals surface area contributed by atoms with Crippen molar-refractivity contribution in [1.82, 2.24) is 40.4 Å². The van der Waals surface area contributed by atoms with Crippen LogP contribution in [0.3, 0.4) is 0 Å². The number of alkyl carbamates (subject to hydrolysis) is 2. The number of hydrogen-bond acceptors (Lipinski definition) is 9. The normalized spacial score (nSPS) is 16.7. The van der Waals surface area contributed by atoms with Gasteiger partial charge in [0.2, 0.25) is 5.91 Å². The van der Waals surface area contributed by atoms with Crippen molar-refractivity contribution >= 4 is 67.6 Å². The summed E-state index contributed by atoms with van der Waals surface area (Å²) in [6.45, 7) is 12.7. The van der Waals surface area contributed by atoms with Crippen LogP contribution in [-0.4, -0.2) is 100 Å². The third kappa shape index (κ3) is 9.24. The molecule has 350 valence electrons. The fraction of sp³-hybridized carbons (Fsp3) is 0.385. The zero-order valence-corrected chi connectivity index (χ0v) is 39.6. The van der Waals surface area contributed by atoms with Crippen molar-refractivity contribution in [3.05, 3.63) is 108 Å². The van der Waals surface area contributed by atoms with Crippen LogP contribution in [-0.2, 0) is 23.8 Å². The van der Waals surface area contributed by atoms with Crippen molar-refractivity contribution in [2.75, 3.05) is 34.5 Å². The van der Waals surface area contributed by atoms with E-state index in [9.17, 15) is 19.2 Å². The minimum absolute atomic E-state index is 0.0676. The first-order valence-corrected chi connectivity index (χ1v) is 22.8. The molecule has 1 aliphatic heterocycles. The van der Waals surface area contributed by atoms with Gasteiger partial charge in [0.05, 0.1) is 55.0 Å². The second kappa shape index (κ2) is 19.1. The van der Waals surface area contributed by atoms with Gasteiger partial charge in [-0.3, -0.25) is 9.59 Å². The SMILES string of the molecule is CC[C@@H](c1nc2c(ccc3cc(-c4ccc5c(ccc6[nH]c([C@@H]7C[C@H](COC)CN7C(=O)[C@H](NC(=O)OC)c7ccccc7)nc65)c4)ccc32)[nH]1)N(C(=O)[C@@H](NC(=O)OC)C(C)(C)C)C(C)C. The molecule has 67 heavy (non-hydrogen) atoms. The minimum atomic E-state index is -0.948. The van der Waals surface area contributed by atoms with E-state index < -0.39 is 29.7 Å². The van der Waals surface area contributed by atoms with Gasteiger partial charge in [0.25, 0.3) is 5.91 Å². The highest BCUT2D eigenvalue weighted by Gasteiger charge is 2.42. The summed E-state index contributed by atoms with van der Waals surface area (Å²) in [5, 5.41) is 9.53. The lowest BCUT2D eigenvalue weighted by molar-refractivity contribution is -0.141. The molecular weight excluding hydrogens is 849 g/mol. The standard InChI is InChI=1S/C52H60N8O7/c1-10-40(60(29(2)3)49(62)45(52(4,5)6)58-51(64)67-9)46-53-38-22-18-34-25-32(16-20-36(34)43(38)55-46)33-17-21-37-35(26-33)19-23-39-44(37)56-47(54-39)41-24-30(28-65-7)27-59(41)48(61)42(57-50(63)66-8)31-14-12-11-13-15-31/h11-23,25-26,29-30,40-42,45H,10,24,27-28H2,1-9H3,(H,53,55)(H,54,56)(H,57,63)(H,58,64)/t30-,40-,41-,42+,45+/m0/s1. The van der Waals surface area contributed by atoms with Gasteiger partial charge in [-0.05, 0) is 83.8 Å². The first kappa shape index (κ1) is 46.5. The minimum Gasteiger partial charge on any atom is -0.453 e. The molecule has 0 spiro atoms. The Balaban J connectivity index is 1.08. The number of amides is 4. The number of likely N-dealkylation sites (tertiary alicyclic amines) is 1. The summed E-state index contributed by atoms with van der Waals surface area (Å²) in [7, 11) is 4.23. The molecule has 0 bridgehead atoms. The van der Waals surface area contributed by atoms with Gasteiger partial charge in [-0.2, -0.15) is 0 Å². The van der Waals surface area contributed by atoms with Crippen LogP contribution in [0, 0.1) is 11.3 Å². The monoisotopic (exact) mass is 908 g/mol. The average Bonchev–Trinajstić information content (AvgIpc) is 4.08. The summed E-state index contributed by atoms with van der Waals surface area (Å²) in [5.41, 5.74) is 5.51. The van der Waals surface area contributed by atoms with Gasteiger partial charge in [0, 0.05) is 36.4 Å². The lowest BCUT2D eigenvalue weighted by Crippen LogP contribution is -2.56. The summed E-state index contributed by atoms with van der Waals surface area (Å²) in [6.07, 6.45) is -0.105. The molecule has 3 heterocycles. The molecule has 1 saturated heterocycles. The van der Waals surface area contributed by atoms with Gasteiger partial charge in [-0.15, -0.1) is 0 Å². The molecule has 15 nitrogen and oxygen atoms in total. The Morgan fingerprint density at radius 1 is 0.791 bits per heavy atom. The van der Waals surface area contributed by atoms with E-state index in [2.05, 4.69) is 69.1 Å². The summed E-state index contributed by atoms with van der Waals surface area (Å²) >= 11 is 0. The number of aromatic amines is 2. The topological polar surface area (TPSA) is 184 Å². The van der Waals surface area contributed by atoms with Gasteiger partial charge in [0.15, 0.2) is 0 Å². The summed E-state index contributed by atoms with van der Waals surface area (Å²) in [6, 6.07) is 27.5. The number of fused-ring (bicyclic) bond motifs is 6. The highest BCUT2D eigenvalue weighted by Crippen LogP contribution is 2.39. The molecular formula is C52H60N8O7. The van der Waals surface area contributed by atoms with Crippen LogP contribution >= 0.6 is 0 Å². The lowest BCUT2D eigenvalue weighted by Gasteiger charge is -2.39. The Morgan fingerprint density at radius 2 is 1.39 bits per heavy atom. The van der Waals surface area contributed by atoms with Gasteiger partial charge in [0.1, 0.15) is 23.7 Å². The number of methoxy groups -OCH3 is 3. The molecule has 7 aromatic rings. The molecule has 5 aromatic carbocycles. The molecule has 4 N–H and O–H groups in total. The van der Waals surface area contributed by atoms with Gasteiger partial charge >= 0.3 is 12.2 Å². The van der Waals surface area contributed by atoms with Gasteiger partial charge < -0.3 is 44.6 Å². The number of nitrogens with zero attached hydrogens (tertiary/aromatic N) is 4. The third-order valence-corrected chi connectivity index (χ3v) is 12.9. The predicted octanol–water partition coefficient (Wildman–Crippen LogP) is 9.50. The Kier molecular flexibility index (Phi) is 13.2. The lowest BCUT2D eigenvalue weighted by atomic mass is 9.85. The summed E-state index contributed by atoms with van der Waals surface area (Å²) in [4.78, 5) is 74.5. The quantitative estimate of drug-likeness (QED) is 0.0875. The molecule has 15 heteroatoms. The van der Waals surface area contributed by atoms with Crippen LogP contribution in [0.25, 0.3) is 54.7 Å². The second-order valence-electron chi connectivity index (χ2n) is 18.8. The molecule has 1 fully saturated rings. The number of carbonyl (C=O) groups is 4. The Morgan fingerprint density at radius 3 is 1.96 bits per heavy atom. The van der Waals surface area contributed by atoms with Crippen LogP contribution in [0.4, 0.5) is 9.59 Å². The Hall–Kier alpha value is -7.00. The third-order valence-electron chi connectivity index (χ3n) is 12.9. The van der Waals surface area contributed by atoms with Crippen molar-refractivity contribution in [1.29, 1.82) is 0 Å². The molecule has 0 unspecified atom stereocenters. The van der Waals surface area contributed by atoms with Gasteiger partial charge in [-0.25, -0.2) is 19.6 Å². The number of nitrogens with one attached hydrogen (secondary N) is 4. The van der Waals surface area contributed by atoms with Gasteiger partial charge in [-0.1, -0.05) is 94.4 Å². The zero-order chi connectivity index (χ0) is 47.7. The number of carbonyl (C=O) groups excluding carboxylic acids is 4. The molecule has 1 aliphatic rings. The molecule has 2 aromatic heterocycles. The second-order valence-corrected chi connectivity index (χ2v) is 18.8. The number of imidazole rings is 2. The van der Waals surface area contributed by atoms with E-state index in [0.717, 1.165) is 54.7 Å². The van der Waals surface area contributed by atoms with Crippen molar-refractivity contribution in [3.63, 3.8) is 0 Å². The molecule has 5 atom stereocenters. The van der Waals surface area contributed by atoms with Crippen LogP contribution in [0.1, 0.15) is 89.7 Å². The number of aromatic nitrogens is 4. The van der Waals surface area contributed by atoms with Crippen LogP contribution < -0.4 is 10.6 Å². The maximum absolute atomic E-state index is 14.4. The molecule has 4 amide bonds. The van der Waals surface area contributed by atoms with E-state index in [4.69, 9.17) is 24.2 Å². The first-order valence-electron chi connectivity index (χ1n) is 22.8. The van der Waals surface area contributed by atoms with Crippen LogP contribution in [0.15, 0.2) is 91.0 Å². The zero-order valence-electron chi connectivity index (χ0n) is 39.6. The van der Waals surface area contributed by atoms with E-state index in [0.29, 0.717) is 43.2 Å². The van der Waals surface area contributed by atoms with Crippen LogP contribution in [0.5, 0.6) is 0 Å². The molecule has 0 aliphatic carbocycles. The fourth-order valence-corrected chi connectivity index (χ4v) is 9.64. The highest BCUT2D eigenvalue weighted by molar-refractivity contribution is 6.07. The molecule has 0 radical (unpaired) electrons. The summed E-state index contributed by atoms with van der Waals surface area (Å²) < 4.78 is 15.3. The Labute approximate surface area is 389 Å². The number of ether oxygens (including phenoxy) is 3. The maximum atomic E-state index is 14.4. The Bertz CT molecular complexity index is 2960. The van der Waals surface area contributed by atoms with Crippen molar-refractivity contribution in [2.45, 2.75) is 84.6 Å². The molecule has 8 rings (SSSR count). The average molecular weight is 909 g/mol. The van der Waals surface area contributed by atoms with Crippen molar-refractivity contribution in [2.24, 2.45) is 11.3 Å². The van der Waals surface area contributed by atoms with E-state index in [1.54, 1.807) is 12.0 Å².